The first-order valence-electron chi connectivity index (χ1n) is 33.1. The third-order valence-electron chi connectivity index (χ3n) is 16.0. The highest BCUT2D eigenvalue weighted by Crippen LogP contribution is 2.23. The van der Waals surface area contributed by atoms with Crippen molar-refractivity contribution in [3.63, 3.8) is 0 Å². The number of allylic oxidation sites excluding steroid dienone is 3. The number of carbonyl (C=O) groups excluding carboxylic acids is 1. The molecule has 1 aliphatic rings. The predicted octanol–water partition coefficient (Wildman–Crippen LogP) is 17.3. The van der Waals surface area contributed by atoms with Crippen molar-refractivity contribution in [1.29, 1.82) is 0 Å². The van der Waals surface area contributed by atoms with E-state index in [1.807, 2.05) is 6.08 Å². The second-order valence-electron chi connectivity index (χ2n) is 23.3. The minimum absolute atomic E-state index is 0.181. The topological polar surface area (TPSA) is 149 Å². The summed E-state index contributed by atoms with van der Waals surface area (Å²) < 4.78 is 11.2. The van der Waals surface area contributed by atoms with Crippen LogP contribution in [-0.4, -0.2) is 87.5 Å². The predicted molar refractivity (Wildman–Crippen MR) is 318 cm³/mol. The van der Waals surface area contributed by atoms with Gasteiger partial charge in [0.25, 0.3) is 0 Å². The maximum Gasteiger partial charge on any atom is 0.220 e. The van der Waals surface area contributed by atoms with Crippen molar-refractivity contribution in [1.82, 2.24) is 5.32 Å². The van der Waals surface area contributed by atoms with Gasteiger partial charge in [0.2, 0.25) is 5.91 Å². The molecule has 7 unspecified atom stereocenters. The lowest BCUT2D eigenvalue weighted by molar-refractivity contribution is -0.302. The molecular weight excluding hydrogens is 935 g/mol. The first-order chi connectivity index (χ1) is 36.8. The van der Waals surface area contributed by atoms with E-state index in [0.717, 1.165) is 38.5 Å². The fraction of sp³-hybridized carbons (Fsp3) is 0.924. The van der Waals surface area contributed by atoms with Gasteiger partial charge in [0, 0.05) is 6.42 Å². The molecule has 75 heavy (non-hydrogen) atoms. The summed E-state index contributed by atoms with van der Waals surface area (Å²) in [5.41, 5.74) is 0. The van der Waals surface area contributed by atoms with Crippen molar-refractivity contribution in [2.24, 2.45) is 0 Å². The number of ether oxygens (including phenoxy) is 2. The van der Waals surface area contributed by atoms with Gasteiger partial charge in [-0.1, -0.05) is 321 Å². The molecule has 7 atom stereocenters. The number of aliphatic hydroxyl groups is 5. The van der Waals surface area contributed by atoms with Gasteiger partial charge in [-0.3, -0.25) is 4.79 Å². The summed E-state index contributed by atoms with van der Waals surface area (Å²) in [5, 5.41) is 54.4. The lowest BCUT2D eigenvalue weighted by atomic mass is 9.99. The molecule has 0 radical (unpaired) electrons. The molecule has 0 aromatic heterocycles. The Morgan fingerprint density at radius 2 is 0.760 bits per heavy atom. The van der Waals surface area contributed by atoms with Gasteiger partial charge in [0.1, 0.15) is 24.4 Å². The van der Waals surface area contributed by atoms with E-state index in [1.165, 1.54) is 276 Å². The monoisotopic (exact) mass is 1060 g/mol. The lowest BCUT2D eigenvalue weighted by Crippen LogP contribution is -2.60. The van der Waals surface area contributed by atoms with E-state index < -0.39 is 49.5 Å². The lowest BCUT2D eigenvalue weighted by Gasteiger charge is -2.40. The Morgan fingerprint density at radius 3 is 1.12 bits per heavy atom. The minimum Gasteiger partial charge on any atom is -0.394 e. The van der Waals surface area contributed by atoms with E-state index >= 15 is 0 Å². The van der Waals surface area contributed by atoms with Gasteiger partial charge < -0.3 is 40.3 Å². The Morgan fingerprint density at radius 1 is 0.440 bits per heavy atom. The van der Waals surface area contributed by atoms with Crippen LogP contribution in [0.4, 0.5) is 0 Å². The van der Waals surface area contributed by atoms with E-state index in [0.29, 0.717) is 6.42 Å². The van der Waals surface area contributed by atoms with E-state index in [4.69, 9.17) is 9.47 Å². The van der Waals surface area contributed by atoms with E-state index in [9.17, 15) is 30.3 Å². The molecule has 444 valence electrons. The molecule has 1 aliphatic heterocycles. The maximum absolute atomic E-state index is 13.0. The second kappa shape index (κ2) is 56.0. The summed E-state index contributed by atoms with van der Waals surface area (Å²) in [6, 6.07) is -0.818. The SMILES string of the molecule is CCCCCCCC/C=C/CC/C=C/C(O)C(COC1OC(CO)C(O)C(O)C1O)NC(=O)CCCCCCCCCCCCCCCCCCCCCCCCCCCCCCCCCCCCCCCCCC. The van der Waals surface area contributed by atoms with Gasteiger partial charge >= 0.3 is 0 Å². The second-order valence-corrected chi connectivity index (χ2v) is 23.3. The number of hydrogen-bond donors (Lipinski definition) is 6. The van der Waals surface area contributed by atoms with Crippen LogP contribution in [0.15, 0.2) is 24.3 Å². The Kier molecular flexibility index (Phi) is 53.5. The van der Waals surface area contributed by atoms with Crippen LogP contribution < -0.4 is 5.32 Å². The summed E-state index contributed by atoms with van der Waals surface area (Å²) in [7, 11) is 0. The van der Waals surface area contributed by atoms with Crippen LogP contribution in [0.1, 0.15) is 335 Å². The average Bonchev–Trinajstić information content (AvgIpc) is 3.41. The van der Waals surface area contributed by atoms with Crippen molar-refractivity contribution in [3.05, 3.63) is 24.3 Å². The molecule has 9 nitrogen and oxygen atoms in total. The average molecular weight is 1060 g/mol. The molecule has 1 heterocycles. The van der Waals surface area contributed by atoms with Crippen LogP contribution in [-0.2, 0) is 14.3 Å². The molecular formula is C66H127NO8. The van der Waals surface area contributed by atoms with Crippen LogP contribution in [0.5, 0.6) is 0 Å². The van der Waals surface area contributed by atoms with Crippen LogP contribution in [0.3, 0.4) is 0 Å². The van der Waals surface area contributed by atoms with Gasteiger partial charge in [-0.15, -0.1) is 0 Å². The zero-order valence-corrected chi connectivity index (χ0v) is 49.6. The third kappa shape index (κ3) is 45.1. The molecule has 9 heteroatoms. The standard InChI is InChI=1S/C66H127NO8/c1-3-5-7-9-11-13-15-17-18-19-20-21-22-23-24-25-26-27-28-29-30-31-32-33-34-35-36-37-38-39-40-41-42-43-44-46-48-50-52-54-56-62(70)67-59(58-74-66-65(73)64(72)63(71)61(57-68)75-66)60(69)55-53-51-49-47-45-16-14-12-10-8-6-4-2/h45,47,53,55,59-61,63-66,68-69,71-73H,3-44,46,48-52,54,56-58H2,1-2H3,(H,67,70)/b47-45+,55-53+. The molecule has 0 aromatic rings. The van der Waals surface area contributed by atoms with Gasteiger partial charge in [-0.25, -0.2) is 0 Å². The molecule has 1 saturated heterocycles. The Balaban J connectivity index is 1.99. The quantitative estimate of drug-likeness (QED) is 0.0261. The Hall–Kier alpha value is -1.33. The molecule has 1 rings (SSSR count). The number of unbranched alkanes of at least 4 members (excludes halogenated alkanes) is 46. The molecule has 1 amide bonds. The van der Waals surface area contributed by atoms with Crippen molar-refractivity contribution in [2.45, 2.75) is 378 Å². The van der Waals surface area contributed by atoms with Gasteiger partial charge in [-0.05, 0) is 32.1 Å². The van der Waals surface area contributed by atoms with Crippen molar-refractivity contribution in [2.75, 3.05) is 13.2 Å². The molecule has 0 bridgehead atoms. The van der Waals surface area contributed by atoms with Crippen LogP contribution >= 0.6 is 0 Å². The van der Waals surface area contributed by atoms with Gasteiger partial charge in [-0.2, -0.15) is 0 Å². The normalized spacial score (nSPS) is 18.9. The first kappa shape index (κ1) is 71.7. The summed E-state index contributed by atoms with van der Waals surface area (Å²) in [6.07, 6.45) is 66.1. The number of hydrogen-bond acceptors (Lipinski definition) is 8. The molecule has 0 spiro atoms. The van der Waals surface area contributed by atoms with E-state index in [2.05, 4.69) is 31.3 Å². The highest BCUT2D eigenvalue weighted by molar-refractivity contribution is 5.76. The summed E-state index contributed by atoms with van der Waals surface area (Å²) in [5.74, 6) is -0.181. The Labute approximate surface area is 464 Å². The molecule has 1 fully saturated rings. The van der Waals surface area contributed by atoms with Gasteiger partial charge in [0.15, 0.2) is 6.29 Å². The van der Waals surface area contributed by atoms with Crippen LogP contribution in [0.2, 0.25) is 0 Å². The molecule has 0 aromatic carbocycles. The minimum atomic E-state index is -1.57. The summed E-state index contributed by atoms with van der Waals surface area (Å²) in [6.45, 7) is 3.78. The zero-order chi connectivity index (χ0) is 54.3. The number of rotatable bonds is 58. The van der Waals surface area contributed by atoms with Crippen molar-refractivity contribution < 1.29 is 39.8 Å². The third-order valence-corrected chi connectivity index (χ3v) is 16.0. The number of nitrogens with one attached hydrogen (secondary N) is 1. The van der Waals surface area contributed by atoms with Crippen molar-refractivity contribution in [3.8, 4) is 0 Å². The van der Waals surface area contributed by atoms with Crippen LogP contribution in [0, 0.1) is 0 Å². The van der Waals surface area contributed by atoms with Crippen molar-refractivity contribution >= 4 is 5.91 Å². The molecule has 0 aliphatic carbocycles. The largest absolute Gasteiger partial charge is 0.394 e. The van der Waals surface area contributed by atoms with E-state index in [1.54, 1.807) is 6.08 Å². The van der Waals surface area contributed by atoms with Gasteiger partial charge in [0.05, 0.1) is 25.4 Å². The maximum atomic E-state index is 13.0. The highest BCUT2D eigenvalue weighted by atomic mass is 16.7. The first-order valence-corrected chi connectivity index (χ1v) is 33.1. The zero-order valence-electron chi connectivity index (χ0n) is 49.6. The molecule has 6 N–H and O–H groups in total. The fourth-order valence-corrected chi connectivity index (χ4v) is 10.8. The summed E-state index contributed by atoms with van der Waals surface area (Å²) in [4.78, 5) is 13.0. The number of aliphatic hydroxyl groups excluding tert-OH is 5. The Bertz CT molecular complexity index is 1230. The van der Waals surface area contributed by atoms with Crippen LogP contribution in [0.25, 0.3) is 0 Å². The molecule has 0 saturated carbocycles. The fourth-order valence-electron chi connectivity index (χ4n) is 10.8. The highest BCUT2D eigenvalue weighted by Gasteiger charge is 2.44. The van der Waals surface area contributed by atoms with E-state index in [-0.39, 0.29) is 12.5 Å². The number of amides is 1. The smallest absolute Gasteiger partial charge is 0.220 e. The summed E-state index contributed by atoms with van der Waals surface area (Å²) >= 11 is 0. The number of carbonyl (C=O) groups is 1.